The predicted molar refractivity (Wildman–Crippen MR) is 59.7 cm³/mol. The number of rotatable bonds is 5. The molecule has 3 unspecified atom stereocenters. The molecule has 76 valence electrons. The molecule has 0 aliphatic heterocycles. The molecule has 0 amide bonds. The third-order valence-electron chi connectivity index (χ3n) is 3.95. The first kappa shape index (κ1) is 10.8. The quantitative estimate of drug-likeness (QED) is 0.550. The fourth-order valence-electron chi connectivity index (χ4n) is 2.71. The second kappa shape index (κ2) is 3.86. The van der Waals surface area contributed by atoms with Crippen LogP contribution in [0.2, 0.25) is 0 Å². The Labute approximate surface area is 83.4 Å². The van der Waals surface area contributed by atoms with Gasteiger partial charge in [0.1, 0.15) is 0 Å². The van der Waals surface area contributed by atoms with E-state index in [2.05, 4.69) is 34.3 Å². The minimum absolute atomic E-state index is 0.596. The molecule has 1 saturated carbocycles. The number of hydrogen-bond donors (Lipinski definition) is 0. The Kier molecular flexibility index (Phi) is 3.21. The summed E-state index contributed by atoms with van der Waals surface area (Å²) in [7, 11) is 0. The van der Waals surface area contributed by atoms with E-state index in [1.807, 2.05) is 0 Å². The Morgan fingerprint density at radius 1 is 1.46 bits per heavy atom. The van der Waals surface area contributed by atoms with Gasteiger partial charge in [0.15, 0.2) is 0 Å². The molecule has 0 aromatic heterocycles. The summed E-state index contributed by atoms with van der Waals surface area (Å²) < 4.78 is 0. The molecule has 0 saturated heterocycles. The summed E-state index contributed by atoms with van der Waals surface area (Å²) in [6.07, 6.45) is 5.44. The first-order valence-electron chi connectivity index (χ1n) is 5.70. The highest BCUT2D eigenvalue weighted by molar-refractivity contribution is 5.12. The van der Waals surface area contributed by atoms with Crippen LogP contribution in [0.4, 0.5) is 0 Å². The summed E-state index contributed by atoms with van der Waals surface area (Å²) in [5.41, 5.74) is 2.00. The maximum atomic E-state index is 4.08. The van der Waals surface area contributed by atoms with Crippen LogP contribution in [-0.2, 0) is 0 Å². The summed E-state index contributed by atoms with van der Waals surface area (Å²) in [5, 5.41) is 0. The topological polar surface area (TPSA) is 0 Å². The minimum atomic E-state index is 0.596. The lowest BCUT2D eigenvalue weighted by atomic mass is 9.77. The van der Waals surface area contributed by atoms with Gasteiger partial charge in [-0.3, -0.25) is 0 Å². The van der Waals surface area contributed by atoms with Crippen molar-refractivity contribution >= 4 is 0 Å². The SMILES string of the molecule is C=C(C)C1CC1C(C)(CC)CCC. The van der Waals surface area contributed by atoms with Gasteiger partial charge in [0.05, 0.1) is 0 Å². The lowest BCUT2D eigenvalue weighted by molar-refractivity contribution is 0.227. The molecule has 0 spiro atoms. The zero-order valence-corrected chi connectivity index (χ0v) is 9.69. The third kappa shape index (κ3) is 2.15. The van der Waals surface area contributed by atoms with E-state index in [0.717, 1.165) is 11.8 Å². The van der Waals surface area contributed by atoms with E-state index in [0.29, 0.717) is 5.41 Å². The van der Waals surface area contributed by atoms with Crippen LogP contribution in [0.1, 0.15) is 53.4 Å². The van der Waals surface area contributed by atoms with Crippen molar-refractivity contribution in [2.24, 2.45) is 17.3 Å². The van der Waals surface area contributed by atoms with E-state index in [1.54, 1.807) is 0 Å². The van der Waals surface area contributed by atoms with Gasteiger partial charge in [-0.15, -0.1) is 0 Å². The Hall–Kier alpha value is -0.260. The van der Waals surface area contributed by atoms with Crippen molar-refractivity contribution in [3.05, 3.63) is 12.2 Å². The van der Waals surface area contributed by atoms with Gasteiger partial charge in [0, 0.05) is 0 Å². The molecule has 0 nitrogen and oxygen atoms in total. The van der Waals surface area contributed by atoms with Crippen LogP contribution >= 0.6 is 0 Å². The maximum Gasteiger partial charge on any atom is -0.0172 e. The van der Waals surface area contributed by atoms with Crippen molar-refractivity contribution < 1.29 is 0 Å². The molecule has 0 bridgehead atoms. The van der Waals surface area contributed by atoms with Crippen LogP contribution in [-0.4, -0.2) is 0 Å². The average molecular weight is 180 g/mol. The van der Waals surface area contributed by atoms with Gasteiger partial charge in [-0.2, -0.15) is 0 Å². The standard InChI is InChI=1S/C13H24/c1-6-8-13(5,7-2)12-9-11(12)10(3)4/h11-12H,3,6-9H2,1-2,4-5H3. The Balaban J connectivity index is 2.54. The molecule has 13 heavy (non-hydrogen) atoms. The predicted octanol–water partition coefficient (Wildman–Crippen LogP) is 4.42. The van der Waals surface area contributed by atoms with E-state index < -0.39 is 0 Å². The van der Waals surface area contributed by atoms with Crippen molar-refractivity contribution in [1.82, 2.24) is 0 Å². The van der Waals surface area contributed by atoms with Gasteiger partial charge < -0.3 is 0 Å². The minimum Gasteiger partial charge on any atom is -0.0998 e. The van der Waals surface area contributed by atoms with Crippen molar-refractivity contribution in [3.8, 4) is 0 Å². The smallest absolute Gasteiger partial charge is 0.0172 e. The molecule has 0 heterocycles. The summed E-state index contributed by atoms with van der Waals surface area (Å²) in [4.78, 5) is 0. The molecule has 1 fully saturated rings. The van der Waals surface area contributed by atoms with Crippen LogP contribution in [0, 0.1) is 17.3 Å². The van der Waals surface area contributed by atoms with Crippen molar-refractivity contribution in [2.75, 3.05) is 0 Å². The third-order valence-corrected chi connectivity index (χ3v) is 3.95. The van der Waals surface area contributed by atoms with E-state index in [-0.39, 0.29) is 0 Å². The largest absolute Gasteiger partial charge is 0.0998 e. The second-order valence-corrected chi connectivity index (χ2v) is 5.05. The van der Waals surface area contributed by atoms with Gasteiger partial charge in [0.2, 0.25) is 0 Å². The molecule has 1 aliphatic carbocycles. The molecule has 1 rings (SSSR count). The van der Waals surface area contributed by atoms with Gasteiger partial charge in [-0.05, 0) is 37.0 Å². The molecule has 3 atom stereocenters. The van der Waals surface area contributed by atoms with Crippen molar-refractivity contribution in [1.29, 1.82) is 0 Å². The number of allylic oxidation sites excluding steroid dienone is 1. The van der Waals surface area contributed by atoms with Crippen LogP contribution in [0.15, 0.2) is 12.2 Å². The van der Waals surface area contributed by atoms with Gasteiger partial charge in [-0.25, -0.2) is 0 Å². The van der Waals surface area contributed by atoms with E-state index in [9.17, 15) is 0 Å². The van der Waals surface area contributed by atoms with Crippen LogP contribution < -0.4 is 0 Å². The molecule has 0 aromatic carbocycles. The molecule has 0 radical (unpaired) electrons. The zero-order chi connectivity index (χ0) is 10.1. The van der Waals surface area contributed by atoms with E-state index >= 15 is 0 Å². The van der Waals surface area contributed by atoms with Crippen LogP contribution in [0.3, 0.4) is 0 Å². The lowest BCUT2D eigenvalue weighted by Crippen LogP contribution is -2.18. The second-order valence-electron chi connectivity index (χ2n) is 5.05. The molecular formula is C13H24. The average Bonchev–Trinajstić information content (AvgIpc) is 2.83. The summed E-state index contributed by atoms with van der Waals surface area (Å²) in [6.45, 7) is 13.4. The maximum absolute atomic E-state index is 4.08. The fraction of sp³-hybridized carbons (Fsp3) is 0.846. The Morgan fingerprint density at radius 2 is 2.08 bits per heavy atom. The van der Waals surface area contributed by atoms with Gasteiger partial charge in [-0.1, -0.05) is 45.8 Å². The molecule has 0 aromatic rings. The van der Waals surface area contributed by atoms with E-state index in [4.69, 9.17) is 0 Å². The highest BCUT2D eigenvalue weighted by Gasteiger charge is 2.48. The molecule has 1 aliphatic rings. The fourth-order valence-corrected chi connectivity index (χ4v) is 2.71. The zero-order valence-electron chi connectivity index (χ0n) is 9.69. The Morgan fingerprint density at radius 3 is 2.38 bits per heavy atom. The Bertz CT molecular complexity index is 192. The van der Waals surface area contributed by atoms with Crippen LogP contribution in [0.25, 0.3) is 0 Å². The van der Waals surface area contributed by atoms with E-state index in [1.165, 1.54) is 31.3 Å². The first-order chi connectivity index (χ1) is 6.05. The van der Waals surface area contributed by atoms with Gasteiger partial charge in [0.25, 0.3) is 0 Å². The monoisotopic (exact) mass is 180 g/mol. The summed E-state index contributed by atoms with van der Waals surface area (Å²) in [6, 6.07) is 0. The normalized spacial score (nSPS) is 31.1. The van der Waals surface area contributed by atoms with Crippen molar-refractivity contribution in [3.63, 3.8) is 0 Å². The number of hydrogen-bond acceptors (Lipinski definition) is 0. The highest BCUT2D eigenvalue weighted by atomic mass is 14.5. The molecule has 0 heteroatoms. The molecular weight excluding hydrogens is 156 g/mol. The van der Waals surface area contributed by atoms with Crippen LogP contribution in [0.5, 0.6) is 0 Å². The highest BCUT2D eigenvalue weighted by Crippen LogP contribution is 2.57. The van der Waals surface area contributed by atoms with Gasteiger partial charge >= 0.3 is 0 Å². The first-order valence-corrected chi connectivity index (χ1v) is 5.70. The summed E-state index contributed by atoms with van der Waals surface area (Å²) >= 11 is 0. The summed E-state index contributed by atoms with van der Waals surface area (Å²) in [5.74, 6) is 1.78. The lowest BCUT2D eigenvalue weighted by Gasteiger charge is -2.28. The van der Waals surface area contributed by atoms with Crippen molar-refractivity contribution in [2.45, 2.75) is 53.4 Å². The molecule has 0 N–H and O–H groups in total.